The number of terminal acetylenes is 1. The molecular weight excluding hydrogens is 274 g/mol. The van der Waals surface area contributed by atoms with Crippen molar-refractivity contribution < 1.29 is 23.8 Å². The molecule has 21 heavy (non-hydrogen) atoms. The molecule has 110 valence electrons. The molecule has 6 nitrogen and oxygen atoms in total. The molecule has 1 rings (SSSR count). The van der Waals surface area contributed by atoms with Gasteiger partial charge in [-0.2, -0.15) is 0 Å². The van der Waals surface area contributed by atoms with E-state index in [1.807, 2.05) is 0 Å². The van der Waals surface area contributed by atoms with E-state index in [-0.39, 0.29) is 12.3 Å². The van der Waals surface area contributed by atoms with Crippen LogP contribution in [0.15, 0.2) is 36.0 Å². The maximum atomic E-state index is 11.6. The van der Waals surface area contributed by atoms with Crippen molar-refractivity contribution >= 4 is 17.6 Å². The molecule has 0 atom stereocenters. The van der Waals surface area contributed by atoms with Crippen LogP contribution in [0.1, 0.15) is 0 Å². The molecule has 0 unspecified atom stereocenters. The Kier molecular flexibility index (Phi) is 6.35. The molecule has 0 aromatic heterocycles. The van der Waals surface area contributed by atoms with Gasteiger partial charge in [-0.1, -0.05) is 12.0 Å². The highest BCUT2D eigenvalue weighted by Gasteiger charge is 2.13. The monoisotopic (exact) mass is 289 g/mol. The number of methoxy groups -OCH3 is 2. The van der Waals surface area contributed by atoms with Crippen LogP contribution in [0.2, 0.25) is 0 Å². The SMILES string of the molecule is C#CCOc1cccc(N/C(=C/C(=O)OC)C(=O)OC)c1. The molecule has 1 aromatic rings. The second-order valence-corrected chi connectivity index (χ2v) is 3.72. The molecule has 6 heteroatoms. The Bertz CT molecular complexity index is 586. The molecule has 0 aliphatic heterocycles. The van der Waals surface area contributed by atoms with E-state index >= 15 is 0 Å². The summed E-state index contributed by atoms with van der Waals surface area (Å²) in [5.41, 5.74) is 0.475. The van der Waals surface area contributed by atoms with Crippen LogP contribution in [0.4, 0.5) is 5.69 Å². The van der Waals surface area contributed by atoms with E-state index in [1.54, 1.807) is 24.3 Å². The summed E-state index contributed by atoms with van der Waals surface area (Å²) in [5.74, 6) is 1.50. The summed E-state index contributed by atoms with van der Waals surface area (Å²) in [7, 11) is 2.42. The van der Waals surface area contributed by atoms with Crippen LogP contribution in [0, 0.1) is 12.3 Å². The summed E-state index contributed by atoms with van der Waals surface area (Å²) in [6.07, 6.45) is 6.11. The topological polar surface area (TPSA) is 73.9 Å². The minimum Gasteiger partial charge on any atom is -0.481 e. The van der Waals surface area contributed by atoms with Crippen LogP contribution < -0.4 is 10.1 Å². The standard InChI is InChI=1S/C15H15NO5/c1-4-8-21-12-7-5-6-11(9-12)16-13(15(18)20-3)10-14(17)19-2/h1,5-7,9-10,16H,8H2,2-3H3/b13-10+. The summed E-state index contributed by atoms with van der Waals surface area (Å²) in [6, 6.07) is 6.74. The van der Waals surface area contributed by atoms with E-state index in [0.717, 1.165) is 6.08 Å². The maximum Gasteiger partial charge on any atom is 0.354 e. The molecule has 0 amide bonds. The van der Waals surface area contributed by atoms with Crippen LogP contribution in [-0.2, 0) is 19.1 Å². The van der Waals surface area contributed by atoms with Gasteiger partial charge in [0, 0.05) is 11.8 Å². The Balaban J connectivity index is 2.93. The Morgan fingerprint density at radius 2 is 2.10 bits per heavy atom. The Morgan fingerprint density at radius 3 is 2.71 bits per heavy atom. The zero-order chi connectivity index (χ0) is 15.7. The van der Waals surface area contributed by atoms with Gasteiger partial charge in [-0.3, -0.25) is 0 Å². The van der Waals surface area contributed by atoms with Crippen molar-refractivity contribution in [3.8, 4) is 18.1 Å². The average Bonchev–Trinajstić information content (AvgIpc) is 2.51. The van der Waals surface area contributed by atoms with Crippen molar-refractivity contribution in [3.05, 3.63) is 36.0 Å². The Labute approximate surface area is 122 Å². The third-order valence-electron chi connectivity index (χ3n) is 2.30. The minimum absolute atomic E-state index is 0.0570. The second kappa shape index (κ2) is 8.27. The lowest BCUT2D eigenvalue weighted by molar-refractivity contribution is -0.138. The zero-order valence-corrected chi connectivity index (χ0v) is 11.7. The number of hydrogen-bond acceptors (Lipinski definition) is 6. The quantitative estimate of drug-likeness (QED) is 0.484. The first-order chi connectivity index (χ1) is 10.1. The molecular formula is C15H15NO5. The van der Waals surface area contributed by atoms with Crippen LogP contribution in [0.5, 0.6) is 5.75 Å². The smallest absolute Gasteiger partial charge is 0.354 e. The van der Waals surface area contributed by atoms with Crippen molar-refractivity contribution in [3.63, 3.8) is 0 Å². The minimum atomic E-state index is -0.699. The normalized spacial score (nSPS) is 10.2. The third kappa shape index (κ3) is 5.28. The Morgan fingerprint density at radius 1 is 1.33 bits per heavy atom. The first-order valence-corrected chi connectivity index (χ1v) is 5.92. The van der Waals surface area contributed by atoms with Gasteiger partial charge < -0.3 is 19.5 Å². The first-order valence-electron chi connectivity index (χ1n) is 5.92. The summed E-state index contributed by atoms with van der Waals surface area (Å²) >= 11 is 0. The van der Waals surface area contributed by atoms with Gasteiger partial charge in [0.15, 0.2) is 0 Å². The van der Waals surface area contributed by atoms with Gasteiger partial charge in [-0.25, -0.2) is 9.59 Å². The molecule has 0 bridgehead atoms. The van der Waals surface area contributed by atoms with Gasteiger partial charge in [0.2, 0.25) is 0 Å². The van der Waals surface area contributed by atoms with Gasteiger partial charge in [-0.15, -0.1) is 6.42 Å². The van der Waals surface area contributed by atoms with Gasteiger partial charge >= 0.3 is 11.9 Å². The predicted molar refractivity (Wildman–Crippen MR) is 76.5 cm³/mol. The molecule has 0 spiro atoms. The van der Waals surface area contributed by atoms with E-state index in [2.05, 4.69) is 20.7 Å². The fourth-order valence-corrected chi connectivity index (χ4v) is 1.38. The highest BCUT2D eigenvalue weighted by molar-refractivity contribution is 5.98. The highest BCUT2D eigenvalue weighted by Crippen LogP contribution is 2.19. The average molecular weight is 289 g/mol. The molecule has 1 N–H and O–H groups in total. The first kappa shape index (κ1) is 16.1. The fourth-order valence-electron chi connectivity index (χ4n) is 1.38. The summed E-state index contributed by atoms with van der Waals surface area (Å²) in [5, 5.41) is 2.77. The van der Waals surface area contributed by atoms with E-state index in [1.165, 1.54) is 14.2 Å². The second-order valence-electron chi connectivity index (χ2n) is 3.72. The summed E-state index contributed by atoms with van der Waals surface area (Å²) in [4.78, 5) is 22.9. The molecule has 0 heterocycles. The van der Waals surface area contributed by atoms with E-state index in [9.17, 15) is 9.59 Å². The maximum absolute atomic E-state index is 11.6. The highest BCUT2D eigenvalue weighted by atomic mass is 16.5. The van der Waals surface area contributed by atoms with Crippen molar-refractivity contribution in [2.75, 3.05) is 26.1 Å². The molecule has 0 aliphatic carbocycles. The molecule has 0 aliphatic rings. The van der Waals surface area contributed by atoms with Crippen molar-refractivity contribution in [1.29, 1.82) is 0 Å². The molecule has 0 saturated carbocycles. The van der Waals surface area contributed by atoms with Crippen molar-refractivity contribution in [1.82, 2.24) is 0 Å². The number of hydrogen-bond donors (Lipinski definition) is 1. The van der Waals surface area contributed by atoms with Crippen molar-refractivity contribution in [2.45, 2.75) is 0 Å². The zero-order valence-electron chi connectivity index (χ0n) is 11.7. The fraction of sp³-hybridized carbons (Fsp3) is 0.200. The van der Waals surface area contributed by atoms with Gasteiger partial charge in [-0.05, 0) is 12.1 Å². The van der Waals surface area contributed by atoms with Crippen molar-refractivity contribution in [2.24, 2.45) is 0 Å². The van der Waals surface area contributed by atoms with Gasteiger partial charge in [0.1, 0.15) is 18.1 Å². The molecule has 1 aromatic carbocycles. The van der Waals surface area contributed by atoms with Crippen LogP contribution in [0.25, 0.3) is 0 Å². The lowest BCUT2D eigenvalue weighted by atomic mass is 10.2. The predicted octanol–water partition coefficient (Wildman–Crippen LogP) is 1.34. The number of nitrogens with one attached hydrogen (secondary N) is 1. The number of esters is 2. The van der Waals surface area contributed by atoms with Crippen LogP contribution >= 0.6 is 0 Å². The summed E-state index contributed by atoms with van der Waals surface area (Å²) in [6.45, 7) is 0.130. The molecule has 0 radical (unpaired) electrons. The number of benzene rings is 1. The van der Waals surface area contributed by atoms with Crippen LogP contribution in [-0.4, -0.2) is 32.8 Å². The third-order valence-corrected chi connectivity index (χ3v) is 2.30. The number of anilines is 1. The van der Waals surface area contributed by atoms with Gasteiger partial charge in [0.25, 0.3) is 0 Å². The molecule has 0 saturated heterocycles. The molecule has 0 fully saturated rings. The largest absolute Gasteiger partial charge is 0.481 e. The number of carbonyl (C=O) groups excluding carboxylic acids is 2. The van der Waals surface area contributed by atoms with E-state index in [4.69, 9.17) is 11.2 Å². The number of carbonyl (C=O) groups is 2. The van der Waals surface area contributed by atoms with E-state index < -0.39 is 11.9 Å². The van der Waals surface area contributed by atoms with E-state index in [0.29, 0.717) is 11.4 Å². The number of ether oxygens (including phenoxy) is 3. The number of rotatable bonds is 6. The summed E-state index contributed by atoms with van der Waals surface area (Å²) < 4.78 is 14.3. The van der Waals surface area contributed by atoms with Gasteiger partial charge in [0.05, 0.1) is 20.3 Å². The van der Waals surface area contributed by atoms with Crippen LogP contribution in [0.3, 0.4) is 0 Å². The Hall–Kier alpha value is -2.94. The lowest BCUT2D eigenvalue weighted by Crippen LogP contribution is -2.15. The lowest BCUT2D eigenvalue weighted by Gasteiger charge is -2.10.